The van der Waals surface area contributed by atoms with Gasteiger partial charge in [0.05, 0.1) is 13.7 Å². The summed E-state index contributed by atoms with van der Waals surface area (Å²) in [6, 6.07) is 21.9. The summed E-state index contributed by atoms with van der Waals surface area (Å²) in [7, 11) is 1.68. The van der Waals surface area contributed by atoms with E-state index >= 15 is 0 Å². The monoisotopic (exact) mass is 461 g/mol. The number of benzene rings is 3. The largest absolute Gasteiger partial charge is 0.497 e. The molecule has 0 radical (unpaired) electrons. The van der Waals surface area contributed by atoms with Crippen molar-refractivity contribution < 1.29 is 14.2 Å². The van der Waals surface area contributed by atoms with Crippen LogP contribution < -0.4 is 19.5 Å². The van der Waals surface area contributed by atoms with Crippen LogP contribution in [0.25, 0.3) is 0 Å². The van der Waals surface area contributed by atoms with E-state index in [0.717, 1.165) is 52.9 Å². The third kappa shape index (κ3) is 7.98. The molecule has 4 nitrogen and oxygen atoms in total. The van der Waals surface area contributed by atoms with E-state index < -0.39 is 0 Å². The van der Waals surface area contributed by atoms with Crippen molar-refractivity contribution >= 4 is 24.0 Å². The summed E-state index contributed by atoms with van der Waals surface area (Å²) in [6.07, 6.45) is 0.963. The van der Waals surface area contributed by atoms with Gasteiger partial charge in [0.15, 0.2) is 11.5 Å². The van der Waals surface area contributed by atoms with Gasteiger partial charge in [0.2, 0.25) is 0 Å². The summed E-state index contributed by atoms with van der Waals surface area (Å²) in [5.74, 6) is 2.39. The molecule has 0 amide bonds. The highest BCUT2D eigenvalue weighted by Gasteiger charge is 2.07. The van der Waals surface area contributed by atoms with Gasteiger partial charge < -0.3 is 19.5 Å². The van der Waals surface area contributed by atoms with Gasteiger partial charge in [-0.25, -0.2) is 0 Å². The Hall–Kier alpha value is -2.40. The maximum atomic E-state index is 5.97. The maximum absolute atomic E-state index is 5.97. The van der Waals surface area contributed by atoms with Crippen LogP contribution in [-0.4, -0.2) is 20.3 Å². The van der Waals surface area contributed by atoms with Crippen molar-refractivity contribution in [3.63, 3.8) is 0 Å². The Morgan fingerprint density at radius 3 is 2.16 bits per heavy atom. The first-order chi connectivity index (χ1) is 14.7. The molecule has 0 bridgehead atoms. The molecule has 0 aliphatic carbocycles. The molecule has 0 spiro atoms. The van der Waals surface area contributed by atoms with Gasteiger partial charge in [-0.15, -0.1) is 12.4 Å². The van der Waals surface area contributed by atoms with E-state index in [1.807, 2.05) is 55.5 Å². The van der Waals surface area contributed by atoms with E-state index in [1.165, 1.54) is 5.56 Å². The van der Waals surface area contributed by atoms with Gasteiger partial charge >= 0.3 is 0 Å². The van der Waals surface area contributed by atoms with Crippen LogP contribution in [0.5, 0.6) is 17.2 Å². The topological polar surface area (TPSA) is 39.7 Å². The Kier molecular flexibility index (Phi) is 10.5. The molecule has 166 valence electrons. The van der Waals surface area contributed by atoms with Crippen molar-refractivity contribution in [2.75, 3.05) is 20.3 Å². The molecule has 0 fully saturated rings. The molecule has 3 rings (SSSR count). The fourth-order valence-corrected chi connectivity index (χ4v) is 3.18. The SMILES string of the molecule is CCOc1cc(CNCCc2ccc(OC)cc2)ccc1OCc1ccc(Cl)cc1.Cl. The van der Waals surface area contributed by atoms with Crippen molar-refractivity contribution in [3.05, 3.63) is 88.4 Å². The normalized spacial score (nSPS) is 10.3. The standard InChI is InChI=1S/C25H28ClNO3.ClH/c1-3-29-25-16-21(17-27-15-14-19-6-11-23(28-2)12-7-19)8-13-24(25)30-18-20-4-9-22(26)10-5-20;/h4-13,16,27H,3,14-15,17-18H2,1-2H3;1H. The van der Waals surface area contributed by atoms with Crippen molar-refractivity contribution in [1.29, 1.82) is 0 Å². The Morgan fingerprint density at radius 1 is 0.806 bits per heavy atom. The van der Waals surface area contributed by atoms with Crippen molar-refractivity contribution in [2.24, 2.45) is 0 Å². The molecule has 0 aliphatic heterocycles. The highest BCUT2D eigenvalue weighted by atomic mass is 35.5. The molecule has 0 saturated heterocycles. The van der Waals surface area contributed by atoms with Crippen LogP contribution in [0.4, 0.5) is 0 Å². The van der Waals surface area contributed by atoms with Crippen LogP contribution in [0.3, 0.4) is 0 Å². The molecule has 3 aromatic carbocycles. The van der Waals surface area contributed by atoms with Gasteiger partial charge in [-0.1, -0.05) is 41.9 Å². The number of rotatable bonds is 11. The highest BCUT2D eigenvalue weighted by molar-refractivity contribution is 6.30. The molecule has 0 atom stereocenters. The smallest absolute Gasteiger partial charge is 0.161 e. The molecule has 31 heavy (non-hydrogen) atoms. The van der Waals surface area contributed by atoms with Gasteiger partial charge in [-0.05, 0) is 73.0 Å². The fourth-order valence-electron chi connectivity index (χ4n) is 3.05. The summed E-state index contributed by atoms with van der Waals surface area (Å²) in [6.45, 7) is 4.70. The first kappa shape index (κ1) is 24.9. The molecular formula is C25H29Cl2NO3. The second kappa shape index (κ2) is 13.1. The maximum Gasteiger partial charge on any atom is 0.161 e. The van der Waals surface area contributed by atoms with E-state index in [2.05, 4.69) is 23.5 Å². The Balaban J connectivity index is 0.00000341. The lowest BCUT2D eigenvalue weighted by molar-refractivity contribution is 0.269. The van der Waals surface area contributed by atoms with Crippen molar-refractivity contribution in [3.8, 4) is 17.2 Å². The van der Waals surface area contributed by atoms with Gasteiger partial charge in [0.25, 0.3) is 0 Å². The lowest BCUT2D eigenvalue weighted by atomic mass is 10.1. The fraction of sp³-hybridized carbons (Fsp3) is 0.280. The summed E-state index contributed by atoms with van der Waals surface area (Å²) in [5, 5.41) is 4.21. The average molecular weight is 462 g/mol. The van der Waals surface area contributed by atoms with E-state index in [0.29, 0.717) is 13.2 Å². The number of hydrogen-bond donors (Lipinski definition) is 1. The second-order valence-corrected chi connectivity index (χ2v) is 7.34. The summed E-state index contributed by atoms with van der Waals surface area (Å²) in [5.41, 5.74) is 3.50. The van der Waals surface area contributed by atoms with Crippen LogP contribution in [0.1, 0.15) is 23.6 Å². The summed E-state index contributed by atoms with van der Waals surface area (Å²) < 4.78 is 17.0. The van der Waals surface area contributed by atoms with Crippen LogP contribution in [0.2, 0.25) is 5.02 Å². The lowest BCUT2D eigenvalue weighted by Gasteiger charge is -2.14. The zero-order chi connectivity index (χ0) is 21.2. The molecule has 0 aromatic heterocycles. The summed E-state index contributed by atoms with van der Waals surface area (Å²) >= 11 is 5.94. The summed E-state index contributed by atoms with van der Waals surface area (Å²) in [4.78, 5) is 0. The molecular weight excluding hydrogens is 433 g/mol. The number of methoxy groups -OCH3 is 1. The number of nitrogens with one attached hydrogen (secondary N) is 1. The first-order valence-electron chi connectivity index (χ1n) is 10.1. The van der Waals surface area contributed by atoms with Crippen LogP contribution in [-0.2, 0) is 19.6 Å². The molecule has 0 heterocycles. The van der Waals surface area contributed by atoms with E-state index in [9.17, 15) is 0 Å². The number of ether oxygens (including phenoxy) is 3. The molecule has 0 aliphatic rings. The second-order valence-electron chi connectivity index (χ2n) is 6.90. The molecule has 1 N–H and O–H groups in total. The minimum Gasteiger partial charge on any atom is -0.497 e. The number of halogens is 2. The van der Waals surface area contributed by atoms with Crippen LogP contribution in [0, 0.1) is 0 Å². The van der Waals surface area contributed by atoms with Crippen LogP contribution in [0.15, 0.2) is 66.7 Å². The van der Waals surface area contributed by atoms with E-state index in [1.54, 1.807) is 7.11 Å². The molecule has 3 aromatic rings. The van der Waals surface area contributed by atoms with Crippen molar-refractivity contribution in [1.82, 2.24) is 5.32 Å². The van der Waals surface area contributed by atoms with Crippen LogP contribution >= 0.6 is 24.0 Å². The van der Waals surface area contributed by atoms with Gasteiger partial charge in [-0.3, -0.25) is 0 Å². The van der Waals surface area contributed by atoms with Gasteiger partial charge in [0, 0.05) is 11.6 Å². The minimum atomic E-state index is 0. The van der Waals surface area contributed by atoms with E-state index in [-0.39, 0.29) is 12.4 Å². The van der Waals surface area contributed by atoms with Crippen molar-refractivity contribution in [2.45, 2.75) is 26.5 Å². The average Bonchev–Trinajstić information content (AvgIpc) is 2.78. The zero-order valence-corrected chi connectivity index (χ0v) is 19.5. The quantitative estimate of drug-likeness (QED) is 0.351. The molecule has 6 heteroatoms. The zero-order valence-electron chi connectivity index (χ0n) is 17.9. The third-order valence-electron chi connectivity index (χ3n) is 4.69. The van der Waals surface area contributed by atoms with Gasteiger partial charge in [-0.2, -0.15) is 0 Å². The third-order valence-corrected chi connectivity index (χ3v) is 4.95. The Morgan fingerprint density at radius 2 is 1.48 bits per heavy atom. The lowest BCUT2D eigenvalue weighted by Crippen LogP contribution is -2.16. The Bertz CT molecular complexity index is 915. The van der Waals surface area contributed by atoms with E-state index in [4.69, 9.17) is 25.8 Å². The predicted octanol–water partition coefficient (Wildman–Crippen LogP) is 6.08. The highest BCUT2D eigenvalue weighted by Crippen LogP contribution is 2.29. The predicted molar refractivity (Wildman–Crippen MR) is 129 cm³/mol. The number of hydrogen-bond acceptors (Lipinski definition) is 4. The first-order valence-corrected chi connectivity index (χ1v) is 10.5. The molecule has 0 saturated carbocycles. The van der Waals surface area contributed by atoms with Gasteiger partial charge in [0.1, 0.15) is 12.4 Å². The minimum absolute atomic E-state index is 0. The molecule has 0 unspecified atom stereocenters. The Labute approximate surface area is 195 Å².